The van der Waals surface area contributed by atoms with E-state index in [1.165, 1.54) is 10.4 Å². The molecule has 0 bridgehead atoms. The summed E-state index contributed by atoms with van der Waals surface area (Å²) < 4.78 is 32.9. The monoisotopic (exact) mass is 472 g/mol. The molecule has 10 nitrogen and oxygen atoms in total. The number of cyclic esters (lactones) is 1. The Balaban J connectivity index is 1.33. The molecule has 11 heteroatoms. The molecule has 2 fully saturated rings. The summed E-state index contributed by atoms with van der Waals surface area (Å²) in [5.74, 6) is -0.0320. The van der Waals surface area contributed by atoms with E-state index in [2.05, 4.69) is 4.90 Å². The number of nitrogens with zero attached hydrogens (tertiary/aromatic N) is 3. The number of nitrogen functional groups attached to an aromatic ring is 2. The second-order valence-electron chi connectivity index (χ2n) is 8.30. The Hall–Kier alpha value is -3.15. The Kier molecular flexibility index (Phi) is 6.28. The summed E-state index contributed by atoms with van der Waals surface area (Å²) in [4.78, 5) is 16.2. The molecule has 1 amide bonds. The summed E-state index contributed by atoms with van der Waals surface area (Å²) in [7, 11) is -3.61. The third kappa shape index (κ3) is 4.80. The highest BCUT2D eigenvalue weighted by molar-refractivity contribution is 7.89. The van der Waals surface area contributed by atoms with Crippen LogP contribution in [0.25, 0.3) is 0 Å². The predicted octanol–water partition coefficient (Wildman–Crippen LogP) is 1.19. The van der Waals surface area contributed by atoms with Crippen LogP contribution in [-0.2, 0) is 14.8 Å². The second-order valence-corrected chi connectivity index (χ2v) is 10.2. The summed E-state index contributed by atoms with van der Waals surface area (Å²) in [5.41, 5.74) is 13.9. The summed E-state index contributed by atoms with van der Waals surface area (Å²) in [6.07, 6.45) is -0.737. The Morgan fingerprint density at radius 1 is 1.12 bits per heavy atom. The van der Waals surface area contributed by atoms with E-state index < -0.39 is 16.1 Å². The lowest BCUT2D eigenvalue weighted by molar-refractivity contribution is 0.0937. The minimum Gasteiger partial charge on any atom is -0.443 e. The van der Waals surface area contributed by atoms with Crippen molar-refractivity contribution < 1.29 is 17.9 Å². The highest BCUT2D eigenvalue weighted by Crippen LogP contribution is 2.24. The Morgan fingerprint density at radius 2 is 1.79 bits per heavy atom. The number of amides is 1. The van der Waals surface area contributed by atoms with Gasteiger partial charge in [0.2, 0.25) is 10.0 Å². The number of hydrogen-bond acceptors (Lipinski definition) is 7. The Labute approximate surface area is 193 Å². The highest BCUT2D eigenvalue weighted by Gasteiger charge is 2.35. The van der Waals surface area contributed by atoms with Crippen molar-refractivity contribution in [2.24, 2.45) is 5.73 Å². The van der Waals surface area contributed by atoms with Crippen molar-refractivity contribution in [2.45, 2.75) is 17.9 Å². The van der Waals surface area contributed by atoms with Gasteiger partial charge in [-0.2, -0.15) is 4.31 Å². The lowest BCUT2D eigenvalue weighted by Gasteiger charge is -2.34. The quantitative estimate of drug-likeness (QED) is 0.325. The standard InChI is InChI=1S/C22H28N6O4S/c1-15-2-7-19(12-20(15)23)33(30,31)27-10-8-26(9-11-27)13-18-14-28(22(29)32-18)17-5-3-16(4-6-17)21(24)25/h2-7,12,18H,8-11,13-14,23H2,1H3,(H3,24,25). The number of carbonyl (C=O) groups is 1. The van der Waals surface area contributed by atoms with Crippen LogP contribution >= 0.6 is 0 Å². The average Bonchev–Trinajstić information content (AvgIpc) is 3.15. The molecule has 2 heterocycles. The molecule has 0 aliphatic carbocycles. The first-order chi connectivity index (χ1) is 15.6. The zero-order valence-electron chi connectivity index (χ0n) is 18.4. The van der Waals surface area contributed by atoms with Gasteiger partial charge in [0.1, 0.15) is 11.9 Å². The molecular formula is C22H28N6O4S. The minimum absolute atomic E-state index is 0.0320. The number of hydrogen-bond donors (Lipinski definition) is 3. The molecule has 0 spiro atoms. The molecule has 2 aromatic rings. The number of sulfonamides is 1. The van der Waals surface area contributed by atoms with Crippen LogP contribution in [0.1, 0.15) is 11.1 Å². The molecule has 1 unspecified atom stereocenters. The molecule has 0 aromatic heterocycles. The van der Waals surface area contributed by atoms with Gasteiger partial charge in [0, 0.05) is 49.7 Å². The van der Waals surface area contributed by atoms with Crippen LogP contribution in [-0.4, -0.2) is 74.9 Å². The fourth-order valence-electron chi connectivity index (χ4n) is 4.02. The third-order valence-electron chi connectivity index (χ3n) is 6.05. The molecule has 5 N–H and O–H groups in total. The van der Waals surface area contributed by atoms with Crippen molar-refractivity contribution in [3.8, 4) is 0 Å². The SMILES string of the molecule is Cc1ccc(S(=O)(=O)N2CCN(CC3CN(c4ccc(C(=N)N)cc4)C(=O)O3)CC2)cc1N. The number of piperazine rings is 1. The molecule has 1 atom stereocenters. The first-order valence-corrected chi connectivity index (χ1v) is 12.1. The number of anilines is 2. The minimum atomic E-state index is -3.61. The predicted molar refractivity (Wildman–Crippen MR) is 126 cm³/mol. The van der Waals surface area contributed by atoms with E-state index in [4.69, 9.17) is 21.6 Å². The van der Waals surface area contributed by atoms with Gasteiger partial charge in [-0.15, -0.1) is 0 Å². The topological polar surface area (TPSA) is 146 Å². The number of carbonyl (C=O) groups excluding carboxylic acids is 1. The second kappa shape index (κ2) is 9.00. The maximum Gasteiger partial charge on any atom is 0.414 e. The number of benzene rings is 2. The molecule has 0 saturated carbocycles. The first-order valence-electron chi connectivity index (χ1n) is 10.7. The lowest BCUT2D eigenvalue weighted by atomic mass is 10.2. The van der Waals surface area contributed by atoms with Gasteiger partial charge in [0.05, 0.1) is 11.4 Å². The number of ether oxygens (including phenoxy) is 1. The highest BCUT2D eigenvalue weighted by atomic mass is 32.2. The van der Waals surface area contributed by atoms with Gasteiger partial charge in [-0.1, -0.05) is 6.07 Å². The van der Waals surface area contributed by atoms with E-state index in [-0.39, 0.29) is 16.8 Å². The summed E-state index contributed by atoms with van der Waals surface area (Å²) in [6, 6.07) is 11.7. The molecule has 2 aliphatic heterocycles. The maximum atomic E-state index is 13.0. The molecule has 2 saturated heterocycles. The van der Waals surface area contributed by atoms with Crippen molar-refractivity contribution in [3.63, 3.8) is 0 Å². The van der Waals surface area contributed by atoms with Crippen LogP contribution in [0.2, 0.25) is 0 Å². The van der Waals surface area contributed by atoms with Gasteiger partial charge >= 0.3 is 6.09 Å². The van der Waals surface area contributed by atoms with Crippen LogP contribution < -0.4 is 16.4 Å². The molecule has 2 aromatic carbocycles. The Bertz CT molecular complexity index is 1160. The van der Waals surface area contributed by atoms with E-state index in [0.29, 0.717) is 56.2 Å². The molecule has 176 valence electrons. The molecular weight excluding hydrogens is 444 g/mol. The van der Waals surface area contributed by atoms with E-state index in [1.807, 2.05) is 6.92 Å². The van der Waals surface area contributed by atoms with Gasteiger partial charge < -0.3 is 16.2 Å². The van der Waals surface area contributed by atoms with Gasteiger partial charge in [-0.25, -0.2) is 13.2 Å². The van der Waals surface area contributed by atoms with E-state index in [9.17, 15) is 13.2 Å². The van der Waals surface area contributed by atoms with Crippen LogP contribution in [0.5, 0.6) is 0 Å². The fraction of sp³-hybridized carbons (Fsp3) is 0.364. The van der Waals surface area contributed by atoms with Gasteiger partial charge in [0.15, 0.2) is 0 Å². The zero-order valence-corrected chi connectivity index (χ0v) is 19.2. The number of nitrogens with one attached hydrogen (secondary N) is 1. The van der Waals surface area contributed by atoms with Crippen molar-refractivity contribution in [1.29, 1.82) is 5.41 Å². The number of rotatable bonds is 6. The van der Waals surface area contributed by atoms with E-state index >= 15 is 0 Å². The summed E-state index contributed by atoms with van der Waals surface area (Å²) in [5, 5.41) is 7.47. The molecule has 4 rings (SSSR count). The number of aryl methyl sites for hydroxylation is 1. The number of amidine groups is 1. The van der Waals surface area contributed by atoms with Crippen molar-refractivity contribution in [1.82, 2.24) is 9.21 Å². The smallest absolute Gasteiger partial charge is 0.414 e. The van der Waals surface area contributed by atoms with Crippen LogP contribution in [0.15, 0.2) is 47.4 Å². The van der Waals surface area contributed by atoms with E-state index in [1.54, 1.807) is 41.3 Å². The molecule has 0 radical (unpaired) electrons. The molecule has 33 heavy (non-hydrogen) atoms. The lowest BCUT2D eigenvalue weighted by Crippen LogP contribution is -2.50. The van der Waals surface area contributed by atoms with E-state index in [0.717, 1.165) is 5.56 Å². The third-order valence-corrected chi connectivity index (χ3v) is 7.94. The van der Waals surface area contributed by atoms with Crippen LogP contribution in [0, 0.1) is 12.3 Å². The molecule has 2 aliphatic rings. The summed E-state index contributed by atoms with van der Waals surface area (Å²) in [6.45, 7) is 4.56. The van der Waals surface area contributed by atoms with Crippen molar-refractivity contribution in [2.75, 3.05) is 49.9 Å². The van der Waals surface area contributed by atoms with Crippen LogP contribution in [0.4, 0.5) is 16.2 Å². The zero-order chi connectivity index (χ0) is 23.8. The van der Waals surface area contributed by atoms with Gasteiger partial charge in [0.25, 0.3) is 0 Å². The first kappa shape index (κ1) is 23.0. The largest absolute Gasteiger partial charge is 0.443 e. The van der Waals surface area contributed by atoms with Gasteiger partial charge in [-0.3, -0.25) is 15.2 Å². The summed E-state index contributed by atoms with van der Waals surface area (Å²) >= 11 is 0. The normalized spacial score (nSPS) is 20.1. The maximum absolute atomic E-state index is 13.0. The van der Waals surface area contributed by atoms with Crippen LogP contribution in [0.3, 0.4) is 0 Å². The number of nitrogens with two attached hydrogens (primary N) is 2. The van der Waals surface area contributed by atoms with Crippen molar-refractivity contribution >= 4 is 33.3 Å². The Morgan fingerprint density at radius 3 is 2.39 bits per heavy atom. The fourth-order valence-corrected chi connectivity index (χ4v) is 5.47. The average molecular weight is 473 g/mol. The van der Waals surface area contributed by atoms with Gasteiger partial charge in [-0.05, 0) is 48.9 Å². The van der Waals surface area contributed by atoms with Crippen molar-refractivity contribution in [3.05, 3.63) is 53.6 Å².